The van der Waals surface area contributed by atoms with Crippen molar-refractivity contribution < 1.29 is 9.94 Å². The molecule has 0 saturated carbocycles. The highest BCUT2D eigenvalue weighted by atomic mass is 16.5. The molecule has 0 saturated heterocycles. The predicted molar refractivity (Wildman–Crippen MR) is 91.3 cm³/mol. The fourth-order valence-electron chi connectivity index (χ4n) is 2.38. The van der Waals surface area contributed by atoms with Gasteiger partial charge in [0.1, 0.15) is 5.75 Å². The number of benzene rings is 1. The molecule has 0 aliphatic carbocycles. The molecule has 2 rings (SSSR count). The first-order valence-electron chi connectivity index (χ1n) is 8.15. The lowest BCUT2D eigenvalue weighted by atomic mass is 10.1. The van der Waals surface area contributed by atoms with Gasteiger partial charge < -0.3 is 14.9 Å². The lowest BCUT2D eigenvalue weighted by molar-refractivity contribution is 0.310. The Morgan fingerprint density at radius 1 is 1.17 bits per heavy atom. The van der Waals surface area contributed by atoms with E-state index in [0.29, 0.717) is 6.61 Å². The standard InChI is InChI=1S/C18H25N3O2/c1-15(21-22)5-2-3-6-16-8-10-18(11-9-16)23-12-4-7-17-13-19-14-20-17/h8-11,13-14,22H,2-7,12H2,1H3,(H,19,20). The molecule has 2 aromatic rings. The molecule has 5 heteroatoms. The molecule has 0 radical (unpaired) electrons. The number of imidazole rings is 1. The van der Waals surface area contributed by atoms with Crippen LogP contribution in [0.5, 0.6) is 5.75 Å². The van der Waals surface area contributed by atoms with Crippen molar-refractivity contribution in [2.24, 2.45) is 5.16 Å². The first kappa shape index (κ1) is 17.1. The molecule has 1 aromatic carbocycles. The summed E-state index contributed by atoms with van der Waals surface area (Å²) in [5.74, 6) is 0.916. The number of nitrogens with zero attached hydrogens (tertiary/aromatic N) is 2. The first-order chi connectivity index (χ1) is 11.3. The largest absolute Gasteiger partial charge is 0.494 e. The van der Waals surface area contributed by atoms with Crippen LogP contribution in [0.25, 0.3) is 0 Å². The lowest BCUT2D eigenvalue weighted by Gasteiger charge is -2.07. The van der Waals surface area contributed by atoms with Gasteiger partial charge in [-0.2, -0.15) is 0 Å². The highest BCUT2D eigenvalue weighted by molar-refractivity contribution is 5.81. The molecule has 0 aliphatic heterocycles. The van der Waals surface area contributed by atoms with E-state index in [4.69, 9.17) is 9.94 Å². The molecule has 0 bridgehead atoms. The van der Waals surface area contributed by atoms with Gasteiger partial charge in [0.15, 0.2) is 0 Å². The maximum atomic E-state index is 8.59. The van der Waals surface area contributed by atoms with Crippen LogP contribution in [0.2, 0.25) is 0 Å². The number of aryl methyl sites for hydroxylation is 2. The predicted octanol–water partition coefficient (Wildman–Crippen LogP) is 3.98. The molecule has 0 amide bonds. The van der Waals surface area contributed by atoms with Crippen molar-refractivity contribution in [2.45, 2.75) is 45.4 Å². The molecule has 0 aliphatic rings. The van der Waals surface area contributed by atoms with E-state index in [9.17, 15) is 0 Å². The summed E-state index contributed by atoms with van der Waals surface area (Å²) in [7, 11) is 0. The number of hydrogen-bond donors (Lipinski definition) is 2. The SMILES string of the molecule is CC(CCCCc1ccc(OCCCc2c[nH]cn2)cc1)=NO. The van der Waals surface area contributed by atoms with E-state index in [-0.39, 0.29) is 0 Å². The number of aromatic nitrogens is 2. The quantitative estimate of drug-likeness (QED) is 0.301. The zero-order chi connectivity index (χ0) is 16.3. The molecule has 23 heavy (non-hydrogen) atoms. The Morgan fingerprint density at radius 2 is 2.00 bits per heavy atom. The number of ether oxygens (including phenoxy) is 1. The fourth-order valence-corrected chi connectivity index (χ4v) is 2.38. The molecule has 1 aromatic heterocycles. The minimum Gasteiger partial charge on any atom is -0.494 e. The van der Waals surface area contributed by atoms with Crippen LogP contribution in [0.1, 0.15) is 43.9 Å². The number of hydrogen-bond acceptors (Lipinski definition) is 4. The van der Waals surface area contributed by atoms with Crippen LogP contribution in [-0.4, -0.2) is 27.5 Å². The van der Waals surface area contributed by atoms with E-state index in [1.165, 1.54) is 5.56 Å². The van der Waals surface area contributed by atoms with Crippen molar-refractivity contribution in [1.82, 2.24) is 9.97 Å². The van der Waals surface area contributed by atoms with Gasteiger partial charge in [-0.3, -0.25) is 0 Å². The number of rotatable bonds is 10. The molecule has 2 N–H and O–H groups in total. The summed E-state index contributed by atoms with van der Waals surface area (Å²) in [6.07, 6.45) is 9.54. The van der Waals surface area contributed by atoms with E-state index < -0.39 is 0 Å². The van der Waals surface area contributed by atoms with Crippen LogP contribution in [-0.2, 0) is 12.8 Å². The van der Waals surface area contributed by atoms with Gasteiger partial charge in [0.2, 0.25) is 0 Å². The van der Waals surface area contributed by atoms with E-state index in [0.717, 1.165) is 55.7 Å². The topological polar surface area (TPSA) is 70.5 Å². The Kier molecular flexibility index (Phi) is 7.17. The zero-order valence-corrected chi connectivity index (χ0v) is 13.7. The van der Waals surface area contributed by atoms with Crippen molar-refractivity contribution in [3.63, 3.8) is 0 Å². The molecule has 0 spiro atoms. The highest BCUT2D eigenvalue weighted by Gasteiger charge is 1.99. The minimum absolute atomic E-state index is 0.700. The summed E-state index contributed by atoms with van der Waals surface area (Å²) in [5.41, 5.74) is 3.18. The average Bonchev–Trinajstić information content (AvgIpc) is 3.10. The van der Waals surface area contributed by atoms with Crippen LogP contribution in [0.4, 0.5) is 0 Å². The number of H-pyrrole nitrogens is 1. The Bertz CT molecular complexity index is 577. The summed E-state index contributed by atoms with van der Waals surface area (Å²) in [6.45, 7) is 2.55. The molecule has 0 atom stereocenters. The van der Waals surface area contributed by atoms with E-state index in [2.05, 4.69) is 27.3 Å². The average molecular weight is 315 g/mol. The van der Waals surface area contributed by atoms with Gasteiger partial charge in [0.25, 0.3) is 0 Å². The van der Waals surface area contributed by atoms with Gasteiger partial charge in [0, 0.05) is 6.20 Å². The van der Waals surface area contributed by atoms with E-state index in [1.807, 2.05) is 25.3 Å². The van der Waals surface area contributed by atoms with Gasteiger partial charge in [-0.25, -0.2) is 4.98 Å². The smallest absolute Gasteiger partial charge is 0.119 e. The van der Waals surface area contributed by atoms with Gasteiger partial charge >= 0.3 is 0 Å². The van der Waals surface area contributed by atoms with Gasteiger partial charge in [-0.1, -0.05) is 17.3 Å². The normalized spacial score (nSPS) is 11.6. The van der Waals surface area contributed by atoms with Crippen molar-refractivity contribution in [3.05, 3.63) is 48.0 Å². The summed E-state index contributed by atoms with van der Waals surface area (Å²) < 4.78 is 5.75. The molecule has 124 valence electrons. The van der Waals surface area contributed by atoms with Crippen LogP contribution in [0.3, 0.4) is 0 Å². The van der Waals surface area contributed by atoms with Crippen molar-refractivity contribution >= 4 is 5.71 Å². The summed E-state index contributed by atoms with van der Waals surface area (Å²) in [6, 6.07) is 8.31. The van der Waals surface area contributed by atoms with E-state index in [1.54, 1.807) is 6.33 Å². The third-order valence-corrected chi connectivity index (χ3v) is 3.75. The number of nitrogens with one attached hydrogen (secondary N) is 1. The van der Waals surface area contributed by atoms with Gasteiger partial charge in [-0.05, 0) is 63.1 Å². The Balaban J connectivity index is 1.62. The molecule has 0 unspecified atom stereocenters. The second-order valence-corrected chi connectivity index (χ2v) is 5.70. The molecular weight excluding hydrogens is 290 g/mol. The Labute approximate surface area is 137 Å². The van der Waals surface area contributed by atoms with Gasteiger partial charge in [-0.15, -0.1) is 0 Å². The third kappa shape index (κ3) is 6.55. The molecule has 1 heterocycles. The maximum absolute atomic E-state index is 8.59. The van der Waals surface area contributed by atoms with Crippen molar-refractivity contribution in [2.75, 3.05) is 6.61 Å². The van der Waals surface area contributed by atoms with E-state index >= 15 is 0 Å². The van der Waals surface area contributed by atoms with Crippen LogP contribution < -0.4 is 4.74 Å². The Hall–Kier alpha value is -2.30. The first-order valence-corrected chi connectivity index (χ1v) is 8.15. The second kappa shape index (κ2) is 9.66. The fraction of sp³-hybridized carbons (Fsp3) is 0.444. The molecule has 0 fully saturated rings. The van der Waals surface area contributed by atoms with Crippen LogP contribution in [0, 0.1) is 0 Å². The van der Waals surface area contributed by atoms with Crippen LogP contribution >= 0.6 is 0 Å². The number of unbranched alkanes of at least 4 members (excludes halogenated alkanes) is 1. The summed E-state index contributed by atoms with van der Waals surface area (Å²) >= 11 is 0. The van der Waals surface area contributed by atoms with Gasteiger partial charge in [0.05, 0.1) is 24.3 Å². The summed E-state index contributed by atoms with van der Waals surface area (Å²) in [4.78, 5) is 7.15. The Morgan fingerprint density at radius 3 is 2.70 bits per heavy atom. The zero-order valence-electron chi connectivity index (χ0n) is 13.7. The molecular formula is C18H25N3O2. The maximum Gasteiger partial charge on any atom is 0.119 e. The van der Waals surface area contributed by atoms with Crippen LogP contribution in [0.15, 0.2) is 41.9 Å². The van der Waals surface area contributed by atoms with Crippen molar-refractivity contribution in [3.8, 4) is 5.75 Å². The minimum atomic E-state index is 0.700. The number of aromatic amines is 1. The summed E-state index contributed by atoms with van der Waals surface area (Å²) in [5, 5.41) is 11.8. The second-order valence-electron chi connectivity index (χ2n) is 5.70. The number of oxime groups is 1. The third-order valence-electron chi connectivity index (χ3n) is 3.75. The van der Waals surface area contributed by atoms with Crippen molar-refractivity contribution in [1.29, 1.82) is 0 Å². The molecule has 5 nitrogen and oxygen atoms in total. The highest BCUT2D eigenvalue weighted by Crippen LogP contribution is 2.15. The monoisotopic (exact) mass is 315 g/mol. The lowest BCUT2D eigenvalue weighted by Crippen LogP contribution is -1.99.